The maximum Gasteiger partial charge on any atom is 0.338 e. The molecule has 40 heavy (non-hydrogen) atoms. The number of benzene rings is 3. The first-order valence-electron chi connectivity index (χ1n) is 12.8. The number of nitrogens with one attached hydrogen (secondary N) is 1. The maximum atomic E-state index is 13.6. The number of carbonyl (C=O) groups excluding carboxylic acids is 4. The van der Waals surface area contributed by atoms with Crippen molar-refractivity contribution in [3.05, 3.63) is 83.9 Å². The number of amides is 4. The molecule has 0 saturated carbocycles. The van der Waals surface area contributed by atoms with Crippen LogP contribution in [0.5, 0.6) is 11.5 Å². The van der Waals surface area contributed by atoms with Crippen LogP contribution in [-0.2, 0) is 20.7 Å². The molecular weight excluding hydrogens is 514 g/mol. The minimum absolute atomic E-state index is 0.226. The zero-order chi connectivity index (χ0) is 28.6. The number of nitrogens with zero attached hydrogens (tertiary/aromatic N) is 2. The highest BCUT2D eigenvalue weighted by atomic mass is 16.5. The molecular formula is C30H31N3O7. The van der Waals surface area contributed by atoms with Crippen molar-refractivity contribution in [3.8, 4) is 11.5 Å². The van der Waals surface area contributed by atoms with Crippen LogP contribution in [0.4, 0.5) is 16.2 Å². The fourth-order valence-corrected chi connectivity index (χ4v) is 4.41. The summed E-state index contributed by atoms with van der Waals surface area (Å²) >= 11 is 0. The molecule has 208 valence electrons. The molecule has 1 fully saturated rings. The Bertz CT molecular complexity index is 1370. The summed E-state index contributed by atoms with van der Waals surface area (Å²) in [7, 11) is 3.08. The van der Waals surface area contributed by atoms with Gasteiger partial charge in [0.05, 0.1) is 38.5 Å². The van der Waals surface area contributed by atoms with Crippen LogP contribution in [0.25, 0.3) is 0 Å². The number of hydrogen-bond donors (Lipinski definition) is 1. The number of esters is 1. The molecule has 3 aromatic carbocycles. The lowest BCUT2D eigenvalue weighted by Crippen LogP contribution is -2.39. The molecule has 1 saturated heterocycles. The first-order valence-corrected chi connectivity index (χ1v) is 12.8. The summed E-state index contributed by atoms with van der Waals surface area (Å²) in [5.41, 5.74) is 2.12. The number of carbonyl (C=O) groups is 4. The van der Waals surface area contributed by atoms with Crippen molar-refractivity contribution in [3.63, 3.8) is 0 Å². The van der Waals surface area contributed by atoms with Gasteiger partial charge in [-0.1, -0.05) is 18.2 Å². The van der Waals surface area contributed by atoms with E-state index in [0.717, 1.165) is 10.5 Å². The summed E-state index contributed by atoms with van der Waals surface area (Å²) in [5.74, 6) is -0.195. The zero-order valence-corrected chi connectivity index (χ0v) is 22.6. The van der Waals surface area contributed by atoms with Gasteiger partial charge in [-0.2, -0.15) is 0 Å². The Balaban J connectivity index is 1.52. The third-order valence-electron chi connectivity index (χ3n) is 6.49. The average molecular weight is 546 g/mol. The second kappa shape index (κ2) is 12.8. The van der Waals surface area contributed by atoms with Gasteiger partial charge in [0, 0.05) is 18.3 Å². The molecule has 3 aromatic rings. The topological polar surface area (TPSA) is 114 Å². The van der Waals surface area contributed by atoms with Gasteiger partial charge in [0.2, 0.25) is 5.91 Å². The molecule has 1 atom stereocenters. The second-order valence-corrected chi connectivity index (χ2v) is 9.02. The van der Waals surface area contributed by atoms with Crippen molar-refractivity contribution in [1.29, 1.82) is 0 Å². The molecule has 1 aliphatic heterocycles. The first kappa shape index (κ1) is 28.2. The van der Waals surface area contributed by atoms with Crippen LogP contribution in [0.15, 0.2) is 72.8 Å². The van der Waals surface area contributed by atoms with Crippen LogP contribution in [-0.4, -0.2) is 62.1 Å². The lowest BCUT2D eigenvalue weighted by atomic mass is 10.1. The lowest BCUT2D eigenvalue weighted by Gasteiger charge is -2.21. The summed E-state index contributed by atoms with van der Waals surface area (Å²) in [6, 6.07) is 18.8. The van der Waals surface area contributed by atoms with Gasteiger partial charge in [-0.05, 0) is 67.4 Å². The highest BCUT2D eigenvalue weighted by molar-refractivity contribution is 6.22. The van der Waals surface area contributed by atoms with E-state index in [4.69, 9.17) is 14.2 Å². The Morgan fingerprint density at radius 1 is 0.900 bits per heavy atom. The third kappa shape index (κ3) is 6.40. The largest absolute Gasteiger partial charge is 0.497 e. The molecule has 10 heteroatoms. The highest BCUT2D eigenvalue weighted by Crippen LogP contribution is 2.30. The molecule has 10 nitrogen and oxygen atoms in total. The summed E-state index contributed by atoms with van der Waals surface area (Å²) < 4.78 is 15.4. The van der Waals surface area contributed by atoms with Crippen LogP contribution in [0.1, 0.15) is 29.3 Å². The normalized spacial score (nSPS) is 14.7. The highest BCUT2D eigenvalue weighted by Gasteiger charge is 2.46. The van der Waals surface area contributed by atoms with Crippen molar-refractivity contribution in [1.82, 2.24) is 4.90 Å². The van der Waals surface area contributed by atoms with E-state index >= 15 is 0 Å². The number of rotatable bonds is 11. The molecule has 0 aromatic heterocycles. The van der Waals surface area contributed by atoms with Gasteiger partial charge in [0.1, 0.15) is 17.5 Å². The van der Waals surface area contributed by atoms with Crippen molar-refractivity contribution in [2.45, 2.75) is 25.8 Å². The van der Waals surface area contributed by atoms with Gasteiger partial charge < -0.3 is 24.4 Å². The van der Waals surface area contributed by atoms with Crippen molar-refractivity contribution in [2.24, 2.45) is 0 Å². The van der Waals surface area contributed by atoms with Crippen molar-refractivity contribution in [2.75, 3.05) is 37.6 Å². The molecule has 4 rings (SSSR count). The number of imide groups is 1. The molecule has 0 unspecified atom stereocenters. The lowest BCUT2D eigenvalue weighted by molar-refractivity contribution is -0.124. The number of hydrogen-bond acceptors (Lipinski definition) is 7. The summed E-state index contributed by atoms with van der Waals surface area (Å²) in [6.45, 7) is 2.20. The van der Waals surface area contributed by atoms with E-state index in [1.54, 1.807) is 62.6 Å². The zero-order valence-electron chi connectivity index (χ0n) is 22.6. The van der Waals surface area contributed by atoms with Crippen LogP contribution >= 0.6 is 0 Å². The predicted molar refractivity (Wildman–Crippen MR) is 149 cm³/mol. The Labute approximate surface area is 232 Å². The monoisotopic (exact) mass is 545 g/mol. The molecule has 1 aliphatic rings. The van der Waals surface area contributed by atoms with Gasteiger partial charge in [-0.25, -0.2) is 14.5 Å². The van der Waals surface area contributed by atoms with Gasteiger partial charge in [0.15, 0.2) is 0 Å². The third-order valence-corrected chi connectivity index (χ3v) is 6.49. The van der Waals surface area contributed by atoms with Gasteiger partial charge in [-0.15, -0.1) is 0 Å². The fourth-order valence-electron chi connectivity index (χ4n) is 4.41. The Morgan fingerprint density at radius 3 is 2.25 bits per heavy atom. The van der Waals surface area contributed by atoms with Crippen LogP contribution < -0.4 is 19.7 Å². The predicted octanol–water partition coefficient (Wildman–Crippen LogP) is 4.29. The van der Waals surface area contributed by atoms with Gasteiger partial charge in [0.25, 0.3) is 5.91 Å². The quantitative estimate of drug-likeness (QED) is 0.282. The van der Waals surface area contributed by atoms with E-state index < -0.39 is 29.9 Å². The fraction of sp³-hybridized carbons (Fsp3) is 0.267. The van der Waals surface area contributed by atoms with Crippen LogP contribution in [0.3, 0.4) is 0 Å². The minimum Gasteiger partial charge on any atom is -0.497 e. The van der Waals surface area contributed by atoms with Gasteiger partial charge >= 0.3 is 12.0 Å². The molecule has 0 aliphatic carbocycles. The SMILES string of the molecule is CCOC(=O)c1ccc(NC(=O)C[C@@H]2C(=O)N(c3cccc(OC)c3)C(=O)N2CCc2ccc(OC)cc2)cc1. The molecule has 4 amide bonds. The Hall–Kier alpha value is -4.86. The van der Waals surface area contributed by atoms with Crippen LogP contribution in [0, 0.1) is 0 Å². The Kier molecular flexibility index (Phi) is 9.00. The van der Waals surface area contributed by atoms with E-state index in [-0.39, 0.29) is 19.6 Å². The molecule has 1 heterocycles. The molecule has 0 radical (unpaired) electrons. The smallest absolute Gasteiger partial charge is 0.338 e. The standard InChI is InChI=1S/C30H31N3O7/c1-4-40-29(36)21-10-12-22(13-11-21)31-27(34)19-26-28(35)33(23-6-5-7-25(18-23)39-3)30(37)32(26)17-16-20-8-14-24(38-2)15-9-20/h5-15,18,26H,4,16-17,19H2,1-3H3,(H,31,34)/t26-/m1/s1. The second-order valence-electron chi connectivity index (χ2n) is 9.02. The molecule has 1 N–H and O–H groups in total. The van der Waals surface area contributed by atoms with Crippen molar-refractivity contribution >= 4 is 35.2 Å². The van der Waals surface area contributed by atoms with E-state index in [9.17, 15) is 19.2 Å². The molecule has 0 bridgehead atoms. The van der Waals surface area contributed by atoms with Gasteiger partial charge in [-0.3, -0.25) is 9.59 Å². The summed E-state index contributed by atoms with van der Waals surface area (Å²) in [4.78, 5) is 54.5. The maximum absolute atomic E-state index is 13.6. The number of methoxy groups -OCH3 is 2. The van der Waals surface area contributed by atoms with Crippen molar-refractivity contribution < 1.29 is 33.4 Å². The first-order chi connectivity index (χ1) is 19.3. The summed E-state index contributed by atoms with van der Waals surface area (Å²) in [5, 5.41) is 2.75. The van der Waals surface area contributed by atoms with E-state index in [0.29, 0.717) is 34.9 Å². The van der Waals surface area contributed by atoms with E-state index in [1.807, 2.05) is 24.3 Å². The summed E-state index contributed by atoms with van der Waals surface area (Å²) in [6.07, 6.45) is 0.232. The Morgan fingerprint density at radius 2 is 1.60 bits per heavy atom. The van der Waals surface area contributed by atoms with E-state index in [2.05, 4.69) is 5.32 Å². The molecule has 0 spiro atoms. The van der Waals surface area contributed by atoms with Crippen LogP contribution in [0.2, 0.25) is 0 Å². The number of urea groups is 1. The number of anilines is 2. The minimum atomic E-state index is -1.00. The average Bonchev–Trinajstić information content (AvgIpc) is 3.20. The number of ether oxygens (including phenoxy) is 3. The van der Waals surface area contributed by atoms with E-state index in [1.165, 1.54) is 12.0 Å².